The fourth-order valence-corrected chi connectivity index (χ4v) is 12.5. The summed E-state index contributed by atoms with van der Waals surface area (Å²) in [5.74, 6) is 0.934. The van der Waals surface area contributed by atoms with Crippen LogP contribution in [0.4, 0.5) is 0 Å². The van der Waals surface area contributed by atoms with E-state index in [1.807, 2.05) is 0 Å². The number of hydrogen-bond donors (Lipinski definition) is 7. The average molecular weight is 739 g/mol. The molecule has 1 spiro atoms. The van der Waals surface area contributed by atoms with Crippen LogP contribution in [0.15, 0.2) is 11.6 Å². The predicted molar refractivity (Wildman–Crippen MR) is 183 cm³/mol. The number of rotatable bonds is 5. The molecular formula is C39H62O13. The number of hydrogen-bond acceptors (Lipinski definition) is 13. The molecule has 4 aliphatic heterocycles. The standard InChI is InChI=1S/C39H62O13/c1-18-8-13-39(47-17-18)19(2)27-25(52-39)15-38(46)24-7-6-21-14-22(9-11-36(21,4)23(24)10-12-37(27,38)5)49-35-32(45)30(43)33(26(16-40)50-35)51-34-31(44)29(42)28(41)20(3)48-34/h6,18-20,22-35,40-46H,7-17H2,1-5H3/t18?,19-,20-,22-,23-,24+,25-,26+,27-,28-,29+,30+,31+,32+,33+,34-,35+,36-,37+,38?,39+/m0/s1. The topological polar surface area (TPSA) is 197 Å². The van der Waals surface area contributed by atoms with Gasteiger partial charge in [0.1, 0.15) is 42.7 Å². The highest BCUT2D eigenvalue weighted by Crippen LogP contribution is 2.72. The lowest BCUT2D eigenvalue weighted by molar-refractivity contribution is -0.360. The van der Waals surface area contributed by atoms with E-state index in [1.54, 1.807) is 0 Å². The van der Waals surface area contributed by atoms with Gasteiger partial charge in [-0.2, -0.15) is 0 Å². The molecule has 0 radical (unpaired) electrons. The van der Waals surface area contributed by atoms with Crippen molar-refractivity contribution in [3.63, 3.8) is 0 Å². The van der Waals surface area contributed by atoms with E-state index >= 15 is 0 Å². The van der Waals surface area contributed by atoms with Crippen molar-refractivity contribution in [1.29, 1.82) is 0 Å². The number of fused-ring (bicyclic) bond motifs is 7. The normalized spacial score (nSPS) is 58.9. The van der Waals surface area contributed by atoms with E-state index < -0.39 is 79.4 Å². The summed E-state index contributed by atoms with van der Waals surface area (Å²) in [7, 11) is 0. The Labute approximate surface area is 306 Å². The Hall–Kier alpha value is -0.780. The minimum absolute atomic E-state index is 0.00666. The maximum absolute atomic E-state index is 12.9. The molecule has 13 nitrogen and oxygen atoms in total. The minimum atomic E-state index is -1.63. The van der Waals surface area contributed by atoms with Gasteiger partial charge in [0.25, 0.3) is 0 Å². The molecule has 4 saturated heterocycles. The van der Waals surface area contributed by atoms with Gasteiger partial charge in [-0.25, -0.2) is 0 Å². The van der Waals surface area contributed by atoms with Gasteiger partial charge in [-0.05, 0) is 75.0 Å². The zero-order valence-electron chi connectivity index (χ0n) is 31.3. The maximum atomic E-state index is 12.9. The molecule has 4 aliphatic carbocycles. The summed E-state index contributed by atoms with van der Waals surface area (Å²) < 4.78 is 36.9. The van der Waals surface area contributed by atoms with Crippen molar-refractivity contribution in [2.24, 2.45) is 40.4 Å². The number of ether oxygens (including phenoxy) is 6. The molecule has 21 atom stereocenters. The van der Waals surface area contributed by atoms with Crippen LogP contribution in [-0.4, -0.2) is 134 Å². The summed E-state index contributed by atoms with van der Waals surface area (Å²) in [5, 5.41) is 76.0. The summed E-state index contributed by atoms with van der Waals surface area (Å²) in [6, 6.07) is 0. The number of aliphatic hydroxyl groups excluding tert-OH is 6. The molecule has 8 rings (SSSR count). The van der Waals surface area contributed by atoms with Gasteiger partial charge in [0.05, 0.1) is 37.1 Å². The van der Waals surface area contributed by atoms with E-state index in [9.17, 15) is 35.7 Å². The fraction of sp³-hybridized carbons (Fsp3) is 0.949. The van der Waals surface area contributed by atoms with E-state index in [1.165, 1.54) is 12.5 Å². The van der Waals surface area contributed by atoms with E-state index in [2.05, 4.69) is 33.8 Å². The fourth-order valence-electron chi connectivity index (χ4n) is 12.5. The average Bonchev–Trinajstić information content (AvgIpc) is 3.51. The van der Waals surface area contributed by atoms with Crippen LogP contribution in [0.1, 0.15) is 92.4 Å². The zero-order chi connectivity index (χ0) is 37.1. The molecule has 8 aliphatic rings. The third-order valence-electron chi connectivity index (χ3n) is 15.7. The Morgan fingerprint density at radius 1 is 0.827 bits per heavy atom. The van der Waals surface area contributed by atoms with Gasteiger partial charge in [0.2, 0.25) is 0 Å². The molecule has 52 heavy (non-hydrogen) atoms. The van der Waals surface area contributed by atoms with Crippen molar-refractivity contribution < 1.29 is 64.2 Å². The molecule has 0 aromatic heterocycles. The first kappa shape index (κ1) is 38.1. The zero-order valence-corrected chi connectivity index (χ0v) is 31.3. The summed E-state index contributed by atoms with van der Waals surface area (Å²) in [5.41, 5.74) is 0.107. The molecule has 3 saturated carbocycles. The molecule has 13 heteroatoms. The van der Waals surface area contributed by atoms with Crippen LogP contribution in [-0.2, 0) is 28.4 Å². The Morgan fingerprint density at radius 3 is 2.27 bits per heavy atom. The number of allylic oxidation sites excluding steroid dienone is 1. The summed E-state index contributed by atoms with van der Waals surface area (Å²) in [4.78, 5) is 0. The van der Waals surface area contributed by atoms with E-state index in [0.29, 0.717) is 31.1 Å². The second-order valence-electron chi connectivity index (χ2n) is 18.4. The van der Waals surface area contributed by atoms with E-state index in [0.717, 1.165) is 45.1 Å². The number of aliphatic hydroxyl groups is 7. The van der Waals surface area contributed by atoms with Crippen molar-refractivity contribution in [3.8, 4) is 0 Å². The van der Waals surface area contributed by atoms with Crippen LogP contribution >= 0.6 is 0 Å². The van der Waals surface area contributed by atoms with Crippen LogP contribution in [0.25, 0.3) is 0 Å². The van der Waals surface area contributed by atoms with Crippen molar-refractivity contribution in [1.82, 2.24) is 0 Å². The first-order chi connectivity index (χ1) is 24.6. The first-order valence-electron chi connectivity index (χ1n) is 19.9. The van der Waals surface area contributed by atoms with Crippen LogP contribution < -0.4 is 0 Å². The summed E-state index contributed by atoms with van der Waals surface area (Å²) in [6.07, 6.45) is -3.95. The maximum Gasteiger partial charge on any atom is 0.187 e. The second kappa shape index (κ2) is 13.4. The smallest absolute Gasteiger partial charge is 0.187 e. The Morgan fingerprint density at radius 2 is 1.56 bits per heavy atom. The van der Waals surface area contributed by atoms with Gasteiger partial charge >= 0.3 is 0 Å². The van der Waals surface area contributed by atoms with Gasteiger partial charge in [-0.3, -0.25) is 0 Å². The third kappa shape index (κ3) is 5.58. The van der Waals surface area contributed by atoms with E-state index in [4.69, 9.17) is 28.4 Å². The van der Waals surface area contributed by atoms with Gasteiger partial charge in [0, 0.05) is 30.1 Å². The van der Waals surface area contributed by atoms with Crippen LogP contribution in [0.2, 0.25) is 0 Å². The molecule has 296 valence electrons. The van der Waals surface area contributed by atoms with E-state index in [-0.39, 0.29) is 40.8 Å². The Kier molecular flexibility index (Phi) is 9.83. The molecule has 7 fully saturated rings. The molecule has 0 amide bonds. The molecule has 0 aromatic carbocycles. The minimum Gasteiger partial charge on any atom is -0.394 e. The highest BCUT2D eigenvalue weighted by Gasteiger charge is 2.74. The Bertz CT molecular complexity index is 1350. The third-order valence-corrected chi connectivity index (χ3v) is 15.7. The molecule has 7 N–H and O–H groups in total. The van der Waals surface area contributed by atoms with Gasteiger partial charge in [0.15, 0.2) is 18.4 Å². The van der Waals surface area contributed by atoms with Crippen LogP contribution in [0, 0.1) is 40.4 Å². The van der Waals surface area contributed by atoms with Crippen molar-refractivity contribution in [3.05, 3.63) is 11.6 Å². The monoisotopic (exact) mass is 738 g/mol. The molecule has 0 aromatic rings. The second-order valence-corrected chi connectivity index (χ2v) is 18.4. The first-order valence-corrected chi connectivity index (χ1v) is 19.9. The van der Waals surface area contributed by atoms with Crippen molar-refractivity contribution >= 4 is 0 Å². The van der Waals surface area contributed by atoms with Crippen LogP contribution in [0.3, 0.4) is 0 Å². The predicted octanol–water partition coefficient (Wildman–Crippen LogP) is 1.50. The Balaban J connectivity index is 0.932. The van der Waals surface area contributed by atoms with Crippen molar-refractivity contribution in [2.45, 2.75) is 177 Å². The lowest BCUT2D eigenvalue weighted by atomic mass is 9.45. The SMILES string of the molecule is CC1CC[C@@]2(OC1)O[C@H]1CC3(O)[C@@H]4CC=C5C[C@@H](O[C@@H]6O[C@H](CO)[C@@H](O[C@@H]7O[C@@H](C)[C@H](O)[C@@H](O)[C@H]7O)[C@H](O)[C@H]6O)CC[C@]5(C)[C@H]4CC[C@]3(C)[C@H]1[C@@H]2C. The molecule has 2 unspecified atom stereocenters. The van der Waals surface area contributed by atoms with Gasteiger partial charge in [-0.1, -0.05) is 39.3 Å². The highest BCUT2D eigenvalue weighted by molar-refractivity contribution is 5.29. The summed E-state index contributed by atoms with van der Waals surface area (Å²) >= 11 is 0. The van der Waals surface area contributed by atoms with Crippen molar-refractivity contribution in [2.75, 3.05) is 13.2 Å². The lowest BCUT2D eigenvalue weighted by Gasteiger charge is -2.62. The highest BCUT2D eigenvalue weighted by atomic mass is 16.7. The van der Waals surface area contributed by atoms with Gasteiger partial charge in [-0.15, -0.1) is 0 Å². The van der Waals surface area contributed by atoms with Gasteiger partial charge < -0.3 is 64.2 Å². The quantitative estimate of drug-likeness (QED) is 0.201. The lowest BCUT2D eigenvalue weighted by Crippen LogP contribution is -2.64. The largest absolute Gasteiger partial charge is 0.394 e. The summed E-state index contributed by atoms with van der Waals surface area (Å²) in [6.45, 7) is 10.9. The molecule has 4 heterocycles. The van der Waals surface area contributed by atoms with Crippen LogP contribution in [0.5, 0.6) is 0 Å². The molecular weight excluding hydrogens is 676 g/mol. The molecule has 0 bridgehead atoms.